The number of nitrogens with one attached hydrogen (secondary N) is 1. The fourth-order valence-electron chi connectivity index (χ4n) is 2.35. The summed E-state index contributed by atoms with van der Waals surface area (Å²) in [4.78, 5) is 2.15. The molecule has 3 aromatic rings. The van der Waals surface area contributed by atoms with Gasteiger partial charge in [-0.3, -0.25) is 4.72 Å². The largest absolute Gasteiger partial charge is 0.377 e. The predicted molar refractivity (Wildman–Crippen MR) is 85.6 cm³/mol. The molecule has 2 aromatic carbocycles. The summed E-state index contributed by atoms with van der Waals surface area (Å²) in [6, 6.07) is 12.2. The molecule has 6 nitrogen and oxygen atoms in total. The standard InChI is InChI=1S/C15H15N3O3S/c1-18(2)13-7-3-6-12-11(13)5-4-8-14(12)22(19,20)17-15-9-10-21-16-15/h3-10H,1-2H3,(H,16,17). The van der Waals surface area contributed by atoms with Crippen LogP contribution in [0.25, 0.3) is 10.8 Å². The molecule has 0 saturated heterocycles. The van der Waals surface area contributed by atoms with E-state index >= 15 is 0 Å². The van der Waals surface area contributed by atoms with Crippen molar-refractivity contribution < 1.29 is 12.9 Å². The third kappa shape index (κ3) is 2.50. The summed E-state index contributed by atoms with van der Waals surface area (Å²) in [6.45, 7) is 0. The summed E-state index contributed by atoms with van der Waals surface area (Å²) in [5.74, 6) is 0.153. The molecule has 0 unspecified atom stereocenters. The molecular formula is C15H15N3O3S. The molecule has 0 atom stereocenters. The molecular weight excluding hydrogens is 302 g/mol. The zero-order valence-electron chi connectivity index (χ0n) is 12.1. The Kier molecular flexibility index (Phi) is 3.50. The fraction of sp³-hybridized carbons (Fsp3) is 0.133. The summed E-state index contributed by atoms with van der Waals surface area (Å²) in [5.41, 5.74) is 0.955. The third-order valence-electron chi connectivity index (χ3n) is 3.31. The van der Waals surface area contributed by atoms with E-state index in [0.717, 1.165) is 11.1 Å². The maximum Gasteiger partial charge on any atom is 0.263 e. The number of anilines is 2. The molecule has 0 aliphatic rings. The molecule has 0 aliphatic heterocycles. The van der Waals surface area contributed by atoms with E-state index in [1.54, 1.807) is 18.2 Å². The van der Waals surface area contributed by atoms with Crippen molar-refractivity contribution in [3.05, 3.63) is 48.7 Å². The molecule has 0 fully saturated rings. The molecule has 0 aliphatic carbocycles. The zero-order valence-corrected chi connectivity index (χ0v) is 13.0. The number of hydrogen-bond acceptors (Lipinski definition) is 5. The number of hydrogen-bond donors (Lipinski definition) is 1. The zero-order chi connectivity index (χ0) is 15.7. The van der Waals surface area contributed by atoms with Crippen molar-refractivity contribution in [1.82, 2.24) is 5.16 Å². The van der Waals surface area contributed by atoms with Gasteiger partial charge >= 0.3 is 0 Å². The molecule has 22 heavy (non-hydrogen) atoms. The lowest BCUT2D eigenvalue weighted by molar-refractivity contribution is 0.423. The van der Waals surface area contributed by atoms with E-state index in [2.05, 4.69) is 14.4 Å². The Labute approximate surface area is 128 Å². The molecule has 0 amide bonds. The van der Waals surface area contributed by atoms with Crippen molar-refractivity contribution in [2.24, 2.45) is 0 Å². The Bertz CT molecular complexity index is 903. The Morgan fingerprint density at radius 3 is 2.45 bits per heavy atom. The lowest BCUT2D eigenvalue weighted by Crippen LogP contribution is -2.14. The normalized spacial score (nSPS) is 11.5. The SMILES string of the molecule is CN(C)c1cccc2c(S(=O)(=O)Nc3ccon3)cccc12. The molecule has 1 N–H and O–H groups in total. The molecule has 1 aromatic heterocycles. The van der Waals surface area contributed by atoms with Crippen LogP contribution in [0.5, 0.6) is 0 Å². The van der Waals surface area contributed by atoms with Crippen LogP contribution in [-0.2, 0) is 10.0 Å². The third-order valence-corrected chi connectivity index (χ3v) is 4.72. The van der Waals surface area contributed by atoms with E-state index < -0.39 is 10.0 Å². The van der Waals surface area contributed by atoms with Gasteiger partial charge in [0.25, 0.3) is 10.0 Å². The molecule has 0 bridgehead atoms. The van der Waals surface area contributed by atoms with Crippen LogP contribution >= 0.6 is 0 Å². The van der Waals surface area contributed by atoms with Crippen molar-refractivity contribution in [1.29, 1.82) is 0 Å². The first-order chi connectivity index (χ1) is 10.5. The molecule has 0 saturated carbocycles. The van der Waals surface area contributed by atoms with Crippen LogP contribution in [0.15, 0.2) is 58.1 Å². The van der Waals surface area contributed by atoms with Crippen molar-refractivity contribution >= 4 is 32.3 Å². The summed E-state index contributed by atoms with van der Waals surface area (Å²) >= 11 is 0. The van der Waals surface area contributed by atoms with Gasteiger partial charge in [-0.1, -0.05) is 29.4 Å². The van der Waals surface area contributed by atoms with Crippen LogP contribution < -0.4 is 9.62 Å². The number of sulfonamides is 1. The van der Waals surface area contributed by atoms with Gasteiger partial charge in [0.15, 0.2) is 5.82 Å². The van der Waals surface area contributed by atoms with Gasteiger partial charge < -0.3 is 9.42 Å². The minimum Gasteiger partial charge on any atom is -0.377 e. The van der Waals surface area contributed by atoms with Crippen LogP contribution in [0.4, 0.5) is 11.5 Å². The summed E-state index contributed by atoms with van der Waals surface area (Å²) in [7, 11) is 0.0971. The van der Waals surface area contributed by atoms with Crippen molar-refractivity contribution in [3.63, 3.8) is 0 Å². The first kappa shape index (κ1) is 14.4. The van der Waals surface area contributed by atoms with Crippen LogP contribution in [0, 0.1) is 0 Å². The highest BCUT2D eigenvalue weighted by molar-refractivity contribution is 7.93. The average molecular weight is 317 g/mol. The number of fused-ring (bicyclic) bond motifs is 1. The quantitative estimate of drug-likeness (QED) is 0.800. The van der Waals surface area contributed by atoms with E-state index in [-0.39, 0.29) is 10.7 Å². The molecule has 1 heterocycles. The van der Waals surface area contributed by atoms with Crippen molar-refractivity contribution in [2.75, 3.05) is 23.7 Å². The summed E-state index contributed by atoms with van der Waals surface area (Å²) in [6.07, 6.45) is 1.31. The van der Waals surface area contributed by atoms with Gasteiger partial charge in [0.1, 0.15) is 6.26 Å². The molecule has 0 radical (unpaired) electrons. The lowest BCUT2D eigenvalue weighted by atomic mass is 10.1. The summed E-state index contributed by atoms with van der Waals surface area (Å²) < 4.78 is 32.2. The maximum atomic E-state index is 12.6. The van der Waals surface area contributed by atoms with Crippen molar-refractivity contribution in [2.45, 2.75) is 4.90 Å². The maximum absolute atomic E-state index is 12.6. The Hall–Kier alpha value is -2.54. The highest BCUT2D eigenvalue weighted by atomic mass is 32.2. The van der Waals surface area contributed by atoms with Gasteiger partial charge in [0, 0.05) is 36.6 Å². The van der Waals surface area contributed by atoms with Gasteiger partial charge in [-0.25, -0.2) is 8.42 Å². The van der Waals surface area contributed by atoms with E-state index in [1.165, 1.54) is 12.3 Å². The van der Waals surface area contributed by atoms with Crippen LogP contribution in [0.3, 0.4) is 0 Å². The van der Waals surface area contributed by atoms with E-state index in [4.69, 9.17) is 0 Å². The molecule has 3 rings (SSSR count). The average Bonchev–Trinajstić information content (AvgIpc) is 2.98. The number of benzene rings is 2. The lowest BCUT2D eigenvalue weighted by Gasteiger charge is -2.17. The van der Waals surface area contributed by atoms with Crippen molar-refractivity contribution in [3.8, 4) is 0 Å². The highest BCUT2D eigenvalue weighted by Gasteiger charge is 2.19. The number of nitrogens with zero attached hydrogens (tertiary/aromatic N) is 2. The second kappa shape index (κ2) is 5.34. The smallest absolute Gasteiger partial charge is 0.263 e. The summed E-state index contributed by atoms with van der Waals surface area (Å²) in [5, 5.41) is 5.11. The van der Waals surface area contributed by atoms with E-state index in [0.29, 0.717) is 5.39 Å². The van der Waals surface area contributed by atoms with Crippen LogP contribution in [-0.4, -0.2) is 27.7 Å². The Morgan fingerprint density at radius 2 is 1.77 bits per heavy atom. The molecule has 0 spiro atoms. The van der Waals surface area contributed by atoms with Gasteiger partial charge in [0.05, 0.1) is 4.90 Å². The minimum absolute atomic E-state index is 0.153. The van der Waals surface area contributed by atoms with E-state index in [1.807, 2.05) is 37.2 Å². The Balaban J connectivity index is 2.17. The van der Waals surface area contributed by atoms with Gasteiger partial charge in [0.2, 0.25) is 0 Å². The topological polar surface area (TPSA) is 75.4 Å². The van der Waals surface area contributed by atoms with E-state index in [9.17, 15) is 8.42 Å². The fourth-order valence-corrected chi connectivity index (χ4v) is 3.56. The van der Waals surface area contributed by atoms with Crippen LogP contribution in [0.1, 0.15) is 0 Å². The van der Waals surface area contributed by atoms with Gasteiger partial charge in [-0.15, -0.1) is 0 Å². The molecule has 7 heteroatoms. The number of rotatable bonds is 4. The monoisotopic (exact) mass is 317 g/mol. The second-order valence-corrected chi connectivity index (χ2v) is 6.66. The first-order valence-corrected chi connectivity index (χ1v) is 8.09. The van der Waals surface area contributed by atoms with Gasteiger partial charge in [-0.05, 0) is 12.1 Å². The van der Waals surface area contributed by atoms with Gasteiger partial charge in [-0.2, -0.15) is 0 Å². The predicted octanol–water partition coefficient (Wildman–Crippen LogP) is 2.69. The number of aromatic nitrogens is 1. The Morgan fingerprint density at radius 1 is 1.05 bits per heavy atom. The minimum atomic E-state index is -3.74. The van der Waals surface area contributed by atoms with Crippen LogP contribution in [0.2, 0.25) is 0 Å². The highest BCUT2D eigenvalue weighted by Crippen LogP contribution is 2.30. The molecule has 114 valence electrons. The first-order valence-electron chi connectivity index (χ1n) is 6.61. The second-order valence-electron chi connectivity index (χ2n) is 5.01.